The molecule has 0 atom stereocenters. The first-order valence-electron chi connectivity index (χ1n) is 5.87. The lowest BCUT2D eigenvalue weighted by atomic mass is 10.2. The van der Waals surface area contributed by atoms with Crippen molar-refractivity contribution >= 4 is 26.7 Å². The van der Waals surface area contributed by atoms with Crippen LogP contribution in [-0.4, -0.2) is 36.1 Å². The van der Waals surface area contributed by atoms with Crippen molar-refractivity contribution in [3.63, 3.8) is 0 Å². The molecule has 0 aliphatic rings. The van der Waals surface area contributed by atoms with Crippen LogP contribution in [0.25, 0.3) is 10.9 Å². The van der Waals surface area contributed by atoms with Crippen LogP contribution in [0.15, 0.2) is 30.5 Å². The van der Waals surface area contributed by atoms with Gasteiger partial charge in [0.05, 0.1) is 11.3 Å². The number of carbonyl (C=O) groups is 1. The van der Waals surface area contributed by atoms with Crippen LogP contribution in [0, 0.1) is 0 Å². The van der Waals surface area contributed by atoms with Crippen molar-refractivity contribution in [3.8, 4) is 0 Å². The molecule has 0 bridgehead atoms. The number of nitrogens with zero attached hydrogens (tertiary/aromatic N) is 1. The average Bonchev–Trinajstić information content (AvgIpc) is 2.67. The summed E-state index contributed by atoms with van der Waals surface area (Å²) in [5, 5.41) is 9.82. The molecule has 1 N–H and O–H groups in total. The van der Waals surface area contributed by atoms with Crippen molar-refractivity contribution in [3.05, 3.63) is 36.0 Å². The average molecular weight is 281 g/mol. The molecule has 0 aliphatic heterocycles. The maximum Gasteiger partial charge on any atom is 0.337 e. The quantitative estimate of drug-likeness (QED) is 0.906. The fourth-order valence-electron chi connectivity index (χ4n) is 2.10. The molecular weight excluding hydrogens is 266 g/mol. The predicted octanol–water partition coefficient (Wildman–Crippen LogP) is 1.77. The van der Waals surface area contributed by atoms with E-state index >= 15 is 0 Å². The Labute approximate surface area is 111 Å². The molecule has 0 saturated heterocycles. The number of carboxylic acids is 1. The van der Waals surface area contributed by atoms with Crippen LogP contribution in [0.4, 0.5) is 0 Å². The molecular formula is C13H15NO4S. The highest BCUT2D eigenvalue weighted by Crippen LogP contribution is 2.21. The van der Waals surface area contributed by atoms with Crippen molar-refractivity contribution in [2.45, 2.75) is 13.0 Å². The van der Waals surface area contributed by atoms with Gasteiger partial charge in [0, 0.05) is 29.9 Å². The topological polar surface area (TPSA) is 76.4 Å². The number of carboxylic acid groups (broad SMARTS) is 1. The maximum atomic E-state index is 11.2. The Balaban J connectivity index is 2.31. The molecule has 1 heterocycles. The monoisotopic (exact) mass is 281 g/mol. The lowest BCUT2D eigenvalue weighted by Gasteiger charge is -2.04. The zero-order valence-corrected chi connectivity index (χ0v) is 11.4. The van der Waals surface area contributed by atoms with Crippen LogP contribution in [0.5, 0.6) is 0 Å². The van der Waals surface area contributed by atoms with E-state index in [-0.39, 0.29) is 11.3 Å². The molecule has 2 rings (SSSR count). The minimum Gasteiger partial charge on any atom is -0.478 e. The first-order chi connectivity index (χ1) is 8.88. The molecule has 0 fully saturated rings. The van der Waals surface area contributed by atoms with Gasteiger partial charge in [0.25, 0.3) is 0 Å². The first kappa shape index (κ1) is 13.6. The summed E-state index contributed by atoms with van der Waals surface area (Å²) in [5.41, 5.74) is 1.06. The number of sulfone groups is 1. The summed E-state index contributed by atoms with van der Waals surface area (Å²) in [4.78, 5) is 11.2. The number of para-hydroxylation sites is 1. The van der Waals surface area contributed by atoms with E-state index in [1.54, 1.807) is 22.9 Å². The van der Waals surface area contributed by atoms with Gasteiger partial charge < -0.3 is 9.67 Å². The van der Waals surface area contributed by atoms with Gasteiger partial charge in [-0.25, -0.2) is 13.2 Å². The molecule has 1 aromatic carbocycles. The number of hydrogen-bond acceptors (Lipinski definition) is 3. The molecule has 5 nitrogen and oxygen atoms in total. The summed E-state index contributed by atoms with van der Waals surface area (Å²) in [7, 11) is -2.99. The van der Waals surface area contributed by atoms with Gasteiger partial charge in [-0.05, 0) is 12.5 Å². The van der Waals surface area contributed by atoms with Crippen molar-refractivity contribution < 1.29 is 18.3 Å². The van der Waals surface area contributed by atoms with Gasteiger partial charge in [0.2, 0.25) is 0 Å². The number of fused-ring (bicyclic) bond motifs is 1. The minimum absolute atomic E-state index is 0.0991. The van der Waals surface area contributed by atoms with Crippen LogP contribution >= 0.6 is 0 Å². The Morgan fingerprint density at radius 3 is 2.63 bits per heavy atom. The highest BCUT2D eigenvalue weighted by molar-refractivity contribution is 7.90. The number of aromatic nitrogens is 1. The molecule has 0 saturated carbocycles. The number of hydrogen-bond donors (Lipinski definition) is 1. The normalized spacial score (nSPS) is 11.8. The zero-order chi connectivity index (χ0) is 14.0. The number of rotatable bonds is 5. The number of aromatic carboxylic acids is 1. The molecule has 2 aromatic rings. The van der Waals surface area contributed by atoms with E-state index < -0.39 is 15.8 Å². The van der Waals surface area contributed by atoms with Gasteiger partial charge in [0.15, 0.2) is 0 Å². The minimum atomic E-state index is -2.99. The van der Waals surface area contributed by atoms with E-state index in [4.69, 9.17) is 5.11 Å². The van der Waals surface area contributed by atoms with E-state index in [0.29, 0.717) is 18.4 Å². The van der Waals surface area contributed by atoms with E-state index in [1.165, 1.54) is 6.26 Å². The fourth-order valence-corrected chi connectivity index (χ4v) is 2.75. The molecule has 0 unspecified atom stereocenters. The Morgan fingerprint density at radius 2 is 2.00 bits per heavy atom. The maximum absolute atomic E-state index is 11.2. The molecule has 102 valence electrons. The highest BCUT2D eigenvalue weighted by atomic mass is 32.2. The van der Waals surface area contributed by atoms with E-state index in [9.17, 15) is 13.2 Å². The first-order valence-corrected chi connectivity index (χ1v) is 7.93. The molecule has 1 aromatic heterocycles. The third kappa shape index (κ3) is 3.14. The smallest absolute Gasteiger partial charge is 0.337 e. The zero-order valence-electron chi connectivity index (χ0n) is 10.5. The lowest BCUT2D eigenvalue weighted by molar-refractivity contribution is 0.0698. The largest absolute Gasteiger partial charge is 0.478 e. The summed E-state index contributed by atoms with van der Waals surface area (Å²) in [5.74, 6) is -0.875. The second kappa shape index (κ2) is 5.05. The van der Waals surface area contributed by atoms with Gasteiger partial charge in [-0.15, -0.1) is 0 Å². The predicted molar refractivity (Wildman–Crippen MR) is 73.2 cm³/mol. The Bertz CT molecular complexity index is 715. The van der Waals surface area contributed by atoms with Crippen LogP contribution in [-0.2, 0) is 16.4 Å². The summed E-state index contributed by atoms with van der Waals surface area (Å²) < 4.78 is 24.0. The van der Waals surface area contributed by atoms with E-state index in [0.717, 1.165) is 5.52 Å². The third-order valence-electron chi connectivity index (χ3n) is 2.93. The van der Waals surface area contributed by atoms with Crippen LogP contribution in [0.2, 0.25) is 0 Å². The van der Waals surface area contributed by atoms with Crippen molar-refractivity contribution in [2.24, 2.45) is 0 Å². The summed E-state index contributed by atoms with van der Waals surface area (Å²) in [6.45, 7) is 0.487. The standard InChI is InChI=1S/C13H15NO4S/c1-19(17,18)8-4-7-14-9-11(13(15)16)10-5-2-3-6-12(10)14/h2-3,5-6,9H,4,7-8H2,1H3,(H,15,16). The highest BCUT2D eigenvalue weighted by Gasteiger charge is 2.13. The van der Waals surface area contributed by atoms with Crippen LogP contribution in [0.1, 0.15) is 16.8 Å². The Kier molecular flexibility index (Phi) is 3.61. The third-order valence-corrected chi connectivity index (χ3v) is 3.96. The van der Waals surface area contributed by atoms with Crippen molar-refractivity contribution in [2.75, 3.05) is 12.0 Å². The number of benzene rings is 1. The van der Waals surface area contributed by atoms with Gasteiger partial charge >= 0.3 is 5.97 Å². The molecule has 19 heavy (non-hydrogen) atoms. The van der Waals surface area contributed by atoms with Gasteiger partial charge in [0.1, 0.15) is 9.84 Å². The Hall–Kier alpha value is -1.82. The van der Waals surface area contributed by atoms with E-state index in [2.05, 4.69) is 0 Å². The van der Waals surface area contributed by atoms with E-state index in [1.807, 2.05) is 12.1 Å². The van der Waals surface area contributed by atoms with Gasteiger partial charge in [-0.2, -0.15) is 0 Å². The van der Waals surface area contributed by atoms with Crippen LogP contribution in [0.3, 0.4) is 0 Å². The summed E-state index contributed by atoms with van der Waals surface area (Å²) >= 11 is 0. The fraction of sp³-hybridized carbons (Fsp3) is 0.308. The number of aryl methyl sites for hydroxylation is 1. The SMILES string of the molecule is CS(=O)(=O)CCCn1cc(C(=O)O)c2ccccc21. The van der Waals surface area contributed by atoms with Crippen LogP contribution < -0.4 is 0 Å². The molecule has 0 spiro atoms. The Morgan fingerprint density at radius 1 is 1.32 bits per heavy atom. The van der Waals surface area contributed by atoms with Gasteiger partial charge in [-0.1, -0.05) is 18.2 Å². The second-order valence-corrected chi connectivity index (χ2v) is 6.80. The molecule has 0 amide bonds. The molecule has 0 radical (unpaired) electrons. The van der Waals surface area contributed by atoms with Crippen molar-refractivity contribution in [1.29, 1.82) is 0 Å². The van der Waals surface area contributed by atoms with Gasteiger partial charge in [-0.3, -0.25) is 0 Å². The lowest BCUT2D eigenvalue weighted by Crippen LogP contribution is -2.07. The van der Waals surface area contributed by atoms with Crippen molar-refractivity contribution in [1.82, 2.24) is 4.57 Å². The molecule has 6 heteroatoms. The second-order valence-electron chi connectivity index (χ2n) is 4.54. The summed E-state index contributed by atoms with van der Waals surface area (Å²) in [6.07, 6.45) is 3.23. The molecule has 0 aliphatic carbocycles. The summed E-state index contributed by atoms with van der Waals surface area (Å²) in [6, 6.07) is 7.21.